The third kappa shape index (κ3) is 2.80. The number of nitro benzene ring substituents is 1. The minimum atomic E-state index is -0.416. The maximum absolute atomic E-state index is 11.4. The third-order valence-corrected chi connectivity index (χ3v) is 5.74. The van der Waals surface area contributed by atoms with Gasteiger partial charge in [-0.2, -0.15) is 0 Å². The molecule has 1 N–H and O–H groups in total. The van der Waals surface area contributed by atoms with Gasteiger partial charge in [-0.1, -0.05) is 29.8 Å². The summed E-state index contributed by atoms with van der Waals surface area (Å²) in [7, 11) is 3.05. The molecule has 4 rings (SSSR count). The van der Waals surface area contributed by atoms with E-state index in [9.17, 15) is 10.1 Å². The lowest BCUT2D eigenvalue weighted by molar-refractivity contribution is -0.385. The zero-order valence-corrected chi connectivity index (χ0v) is 15.7. The van der Waals surface area contributed by atoms with Gasteiger partial charge in [0.1, 0.15) is 5.75 Å². The zero-order valence-electron chi connectivity index (χ0n) is 14.9. The minimum absolute atomic E-state index is 0.0387. The molecule has 0 unspecified atom stereocenters. The van der Waals surface area contributed by atoms with Gasteiger partial charge in [0.05, 0.1) is 30.9 Å². The maximum atomic E-state index is 11.4. The molecule has 140 valence electrons. The van der Waals surface area contributed by atoms with Gasteiger partial charge in [-0.15, -0.1) is 0 Å². The molecule has 1 heterocycles. The highest BCUT2D eigenvalue weighted by molar-refractivity contribution is 6.32. The van der Waals surface area contributed by atoms with Gasteiger partial charge >= 0.3 is 5.69 Å². The minimum Gasteiger partial charge on any atom is -0.495 e. The smallest absolute Gasteiger partial charge is 0.311 e. The summed E-state index contributed by atoms with van der Waals surface area (Å²) >= 11 is 6.50. The summed E-state index contributed by atoms with van der Waals surface area (Å²) in [6.07, 6.45) is 5.18. The van der Waals surface area contributed by atoms with E-state index < -0.39 is 4.92 Å². The lowest BCUT2D eigenvalue weighted by atomic mass is 9.76. The van der Waals surface area contributed by atoms with Crippen LogP contribution in [0, 0.1) is 16.0 Å². The lowest BCUT2D eigenvalue weighted by Crippen LogP contribution is -2.29. The largest absolute Gasteiger partial charge is 0.495 e. The highest BCUT2D eigenvalue weighted by atomic mass is 35.5. The Labute approximate surface area is 161 Å². The summed E-state index contributed by atoms with van der Waals surface area (Å²) < 4.78 is 10.7. The van der Waals surface area contributed by atoms with E-state index in [2.05, 4.69) is 17.5 Å². The van der Waals surface area contributed by atoms with Crippen molar-refractivity contribution >= 4 is 23.0 Å². The van der Waals surface area contributed by atoms with Crippen molar-refractivity contribution in [2.75, 3.05) is 19.5 Å². The molecule has 0 saturated carbocycles. The van der Waals surface area contributed by atoms with E-state index in [4.69, 9.17) is 21.1 Å². The fraction of sp³-hybridized carbons (Fsp3) is 0.300. The van der Waals surface area contributed by atoms with E-state index in [1.54, 1.807) is 19.2 Å². The number of fused-ring (bicyclic) bond motifs is 3. The number of allylic oxidation sites excluding steroid dienone is 2. The summed E-state index contributed by atoms with van der Waals surface area (Å²) in [5.41, 5.74) is 2.67. The van der Waals surface area contributed by atoms with Crippen molar-refractivity contribution in [2.45, 2.75) is 18.4 Å². The van der Waals surface area contributed by atoms with E-state index in [0.717, 1.165) is 23.2 Å². The molecule has 0 bridgehead atoms. The number of nitrogens with zero attached hydrogens (tertiary/aromatic N) is 1. The van der Waals surface area contributed by atoms with Gasteiger partial charge in [0.15, 0.2) is 5.75 Å². The van der Waals surface area contributed by atoms with Crippen LogP contribution in [0.25, 0.3) is 0 Å². The molecule has 0 aromatic heterocycles. The summed E-state index contributed by atoms with van der Waals surface area (Å²) in [6.45, 7) is 0. The number of halogens is 1. The third-order valence-electron chi connectivity index (χ3n) is 5.41. The van der Waals surface area contributed by atoms with E-state index in [1.807, 2.05) is 18.2 Å². The molecule has 27 heavy (non-hydrogen) atoms. The quantitative estimate of drug-likeness (QED) is 0.450. The molecule has 0 spiro atoms. The molecular formula is C20H19ClN2O4. The van der Waals surface area contributed by atoms with Gasteiger partial charge in [0.2, 0.25) is 0 Å². The Kier molecular flexibility index (Phi) is 4.44. The molecule has 2 aromatic rings. The fourth-order valence-corrected chi connectivity index (χ4v) is 4.46. The zero-order chi connectivity index (χ0) is 19.1. The second-order valence-corrected chi connectivity index (χ2v) is 7.11. The molecule has 2 aromatic carbocycles. The van der Waals surface area contributed by atoms with Gasteiger partial charge in [-0.25, -0.2) is 0 Å². The van der Waals surface area contributed by atoms with Crippen LogP contribution in [0.15, 0.2) is 42.5 Å². The van der Waals surface area contributed by atoms with Crippen molar-refractivity contribution in [3.8, 4) is 11.5 Å². The molecule has 7 heteroatoms. The first-order valence-electron chi connectivity index (χ1n) is 8.67. The Bertz CT molecular complexity index is 944. The van der Waals surface area contributed by atoms with Crippen LogP contribution in [0.3, 0.4) is 0 Å². The molecule has 1 aliphatic carbocycles. The van der Waals surface area contributed by atoms with Crippen LogP contribution in [-0.2, 0) is 0 Å². The molecule has 0 radical (unpaired) electrons. The standard InChI is InChI=1S/C20H19ClN2O4/c1-26-16-8-6-11(10-15(16)23(24)25)19-13-5-3-4-12(13)18-14(21)7-9-17(27-2)20(18)22-19/h3-4,6-10,12-13,19,22H,5H2,1-2H3/t12-,13-,19+/m1/s1. The highest BCUT2D eigenvalue weighted by Crippen LogP contribution is 2.54. The van der Waals surface area contributed by atoms with Gasteiger partial charge in [0.25, 0.3) is 0 Å². The van der Waals surface area contributed by atoms with E-state index in [1.165, 1.54) is 7.11 Å². The van der Waals surface area contributed by atoms with Crippen LogP contribution < -0.4 is 14.8 Å². The Morgan fingerprint density at radius 3 is 2.63 bits per heavy atom. The first-order chi connectivity index (χ1) is 13.0. The van der Waals surface area contributed by atoms with E-state index in [-0.39, 0.29) is 29.3 Å². The Morgan fingerprint density at radius 1 is 1.19 bits per heavy atom. The maximum Gasteiger partial charge on any atom is 0.311 e. The summed E-state index contributed by atoms with van der Waals surface area (Å²) in [6, 6.07) is 8.70. The first kappa shape index (κ1) is 17.7. The van der Waals surface area contributed by atoms with Crippen molar-refractivity contribution < 1.29 is 14.4 Å². The van der Waals surface area contributed by atoms with Crippen LogP contribution in [0.1, 0.15) is 29.5 Å². The highest BCUT2D eigenvalue weighted by Gasteiger charge is 2.40. The van der Waals surface area contributed by atoms with Crippen LogP contribution in [0.4, 0.5) is 11.4 Å². The number of ether oxygens (including phenoxy) is 2. The second-order valence-electron chi connectivity index (χ2n) is 6.70. The average molecular weight is 387 g/mol. The fourth-order valence-electron chi connectivity index (χ4n) is 4.18. The van der Waals surface area contributed by atoms with E-state index in [0.29, 0.717) is 10.8 Å². The van der Waals surface area contributed by atoms with Gasteiger partial charge in [0, 0.05) is 22.6 Å². The van der Waals surface area contributed by atoms with Crippen molar-refractivity contribution in [2.24, 2.45) is 5.92 Å². The molecule has 0 amide bonds. The number of rotatable bonds is 4. The predicted molar refractivity (Wildman–Crippen MR) is 104 cm³/mol. The molecule has 2 aliphatic rings. The van der Waals surface area contributed by atoms with Crippen molar-refractivity contribution in [3.05, 3.63) is 68.7 Å². The number of benzene rings is 2. The lowest BCUT2D eigenvalue weighted by Gasteiger charge is -2.38. The summed E-state index contributed by atoms with van der Waals surface area (Å²) in [4.78, 5) is 11.0. The first-order valence-corrected chi connectivity index (χ1v) is 9.05. The van der Waals surface area contributed by atoms with Gasteiger partial charge in [-0.05, 0) is 36.1 Å². The van der Waals surface area contributed by atoms with Crippen LogP contribution in [-0.4, -0.2) is 19.1 Å². The number of hydrogen-bond donors (Lipinski definition) is 1. The van der Waals surface area contributed by atoms with E-state index >= 15 is 0 Å². The normalized spacial score (nSPS) is 22.6. The van der Waals surface area contributed by atoms with Crippen molar-refractivity contribution in [3.63, 3.8) is 0 Å². The Morgan fingerprint density at radius 2 is 1.93 bits per heavy atom. The molecule has 3 atom stereocenters. The molecule has 1 aliphatic heterocycles. The van der Waals surface area contributed by atoms with Gasteiger partial charge < -0.3 is 14.8 Å². The molecular weight excluding hydrogens is 368 g/mol. The number of hydrogen-bond acceptors (Lipinski definition) is 5. The summed E-state index contributed by atoms with van der Waals surface area (Å²) in [5.74, 6) is 1.31. The Hall–Kier alpha value is -2.73. The molecule has 6 nitrogen and oxygen atoms in total. The van der Waals surface area contributed by atoms with Crippen LogP contribution in [0.2, 0.25) is 5.02 Å². The predicted octanol–water partition coefficient (Wildman–Crippen LogP) is 5.09. The second kappa shape index (κ2) is 6.78. The summed E-state index contributed by atoms with van der Waals surface area (Å²) in [5, 5.41) is 15.7. The molecule has 0 saturated heterocycles. The van der Waals surface area contributed by atoms with Crippen molar-refractivity contribution in [1.82, 2.24) is 0 Å². The monoisotopic (exact) mass is 386 g/mol. The topological polar surface area (TPSA) is 73.6 Å². The van der Waals surface area contributed by atoms with Gasteiger partial charge in [-0.3, -0.25) is 10.1 Å². The number of nitro groups is 1. The Balaban J connectivity index is 1.83. The van der Waals surface area contributed by atoms with Crippen molar-refractivity contribution in [1.29, 1.82) is 0 Å². The number of nitrogens with one attached hydrogen (secondary N) is 1. The average Bonchev–Trinajstić information content (AvgIpc) is 3.16. The molecule has 0 fully saturated rings. The van der Waals surface area contributed by atoms with Crippen LogP contribution >= 0.6 is 11.6 Å². The SMILES string of the molecule is COc1ccc([C@@H]2Nc3c(OC)ccc(Cl)c3[C@@H]3C=CC[C@H]32)cc1[N+](=O)[O-]. The van der Waals surface area contributed by atoms with Crippen LogP contribution in [0.5, 0.6) is 11.5 Å². The number of methoxy groups -OCH3 is 2. The number of anilines is 1.